The Morgan fingerprint density at radius 2 is 2.06 bits per heavy atom. The molecule has 0 atom stereocenters. The van der Waals surface area contributed by atoms with Gasteiger partial charge in [0.2, 0.25) is 0 Å². The van der Waals surface area contributed by atoms with Crippen molar-refractivity contribution in [1.82, 2.24) is 30.0 Å². The van der Waals surface area contributed by atoms with Crippen molar-refractivity contribution in [2.45, 2.75) is 17.8 Å². The number of hydrogen-bond acceptors (Lipinski definition) is 8. The van der Waals surface area contributed by atoms with Crippen LogP contribution < -0.4 is 5.32 Å². The van der Waals surface area contributed by atoms with Gasteiger partial charge < -0.3 is 10.2 Å². The van der Waals surface area contributed by atoms with Gasteiger partial charge in [-0.15, -0.1) is 32.9 Å². The number of hydrogen-bond donors (Lipinski definition) is 1. The van der Waals surface area contributed by atoms with Crippen LogP contribution in [0.15, 0.2) is 52.3 Å². The molecule has 0 spiro atoms. The number of aromatic nitrogens is 4. The van der Waals surface area contributed by atoms with E-state index in [1.165, 1.54) is 16.9 Å². The molecule has 10 heteroatoms. The van der Waals surface area contributed by atoms with Crippen molar-refractivity contribution in [2.75, 3.05) is 27.2 Å². The standard InChI is InChI=1S/C22H24N6OS3/c1-15-6-4-7-16(12-15)28-20(18-8-5-11-30-18)25-26-22(28)32-14-19-24-17(13-31-19)21(29)23-9-10-27(2)3/h4-8,11-13H,9-10,14H2,1-3H3,(H,23,29). The Bertz CT molecular complexity index is 1180. The molecule has 0 bridgehead atoms. The molecule has 7 nitrogen and oxygen atoms in total. The second-order valence-corrected chi connectivity index (χ2v) is 10.3. The van der Waals surface area contributed by atoms with Crippen LogP contribution in [0.25, 0.3) is 16.4 Å². The van der Waals surface area contributed by atoms with Gasteiger partial charge in [0, 0.05) is 18.5 Å². The second-order valence-electron chi connectivity index (χ2n) is 7.43. The Balaban J connectivity index is 1.51. The number of aryl methyl sites for hydroxylation is 1. The minimum Gasteiger partial charge on any atom is -0.349 e. The Morgan fingerprint density at radius 1 is 1.19 bits per heavy atom. The molecule has 0 fully saturated rings. The number of rotatable bonds is 9. The number of carbonyl (C=O) groups excluding carboxylic acids is 1. The van der Waals surface area contributed by atoms with Gasteiger partial charge >= 0.3 is 0 Å². The topological polar surface area (TPSA) is 75.9 Å². The van der Waals surface area contributed by atoms with Crippen LogP contribution in [0.1, 0.15) is 21.1 Å². The summed E-state index contributed by atoms with van der Waals surface area (Å²) in [6, 6.07) is 12.4. The molecule has 1 amide bonds. The first-order chi connectivity index (χ1) is 15.5. The third kappa shape index (κ3) is 5.44. The molecule has 1 aromatic carbocycles. The quantitative estimate of drug-likeness (QED) is 0.356. The minimum absolute atomic E-state index is 0.137. The molecule has 166 valence electrons. The summed E-state index contributed by atoms with van der Waals surface area (Å²) < 4.78 is 2.09. The largest absolute Gasteiger partial charge is 0.349 e. The number of nitrogens with zero attached hydrogens (tertiary/aromatic N) is 5. The molecule has 1 N–H and O–H groups in total. The smallest absolute Gasteiger partial charge is 0.270 e. The number of thioether (sulfide) groups is 1. The highest BCUT2D eigenvalue weighted by atomic mass is 32.2. The molecule has 3 heterocycles. The molecular formula is C22H24N6OS3. The number of amides is 1. The first-order valence-corrected chi connectivity index (χ1v) is 12.8. The van der Waals surface area contributed by atoms with E-state index in [9.17, 15) is 4.79 Å². The molecule has 0 aliphatic rings. The van der Waals surface area contributed by atoms with Crippen LogP contribution in [0.5, 0.6) is 0 Å². The third-order valence-corrected chi connectivity index (χ3v) is 7.43. The van der Waals surface area contributed by atoms with Crippen LogP contribution in [0, 0.1) is 6.92 Å². The van der Waals surface area contributed by atoms with Crippen molar-refractivity contribution in [3.8, 4) is 16.4 Å². The molecule has 0 radical (unpaired) electrons. The van der Waals surface area contributed by atoms with E-state index in [2.05, 4.69) is 56.3 Å². The number of thiophene rings is 1. The number of likely N-dealkylation sites (N-methyl/N-ethyl adjacent to an activating group) is 1. The van der Waals surface area contributed by atoms with E-state index in [0.29, 0.717) is 18.0 Å². The first kappa shape index (κ1) is 22.7. The van der Waals surface area contributed by atoms with Crippen molar-refractivity contribution in [3.05, 3.63) is 63.4 Å². The van der Waals surface area contributed by atoms with E-state index in [1.807, 2.05) is 41.9 Å². The fourth-order valence-electron chi connectivity index (χ4n) is 3.02. The lowest BCUT2D eigenvalue weighted by Gasteiger charge is -2.10. The maximum atomic E-state index is 12.3. The molecule has 3 aromatic heterocycles. The summed E-state index contributed by atoms with van der Waals surface area (Å²) in [5.41, 5.74) is 2.67. The average molecular weight is 485 g/mol. The van der Waals surface area contributed by atoms with Gasteiger partial charge in [0.05, 0.1) is 16.3 Å². The molecule has 4 rings (SSSR count). The van der Waals surface area contributed by atoms with Crippen molar-refractivity contribution in [2.24, 2.45) is 0 Å². The zero-order valence-electron chi connectivity index (χ0n) is 18.1. The minimum atomic E-state index is -0.137. The molecule has 4 aromatic rings. The van der Waals surface area contributed by atoms with E-state index in [0.717, 1.165) is 33.1 Å². The highest BCUT2D eigenvalue weighted by Gasteiger charge is 2.18. The maximum absolute atomic E-state index is 12.3. The van der Waals surface area contributed by atoms with Gasteiger partial charge in [-0.2, -0.15) is 0 Å². The van der Waals surface area contributed by atoms with Crippen LogP contribution in [-0.2, 0) is 5.75 Å². The lowest BCUT2D eigenvalue weighted by atomic mass is 10.2. The van der Waals surface area contributed by atoms with Crippen LogP contribution in [-0.4, -0.2) is 57.7 Å². The zero-order valence-corrected chi connectivity index (χ0v) is 20.6. The number of benzene rings is 1. The van der Waals surface area contributed by atoms with Crippen molar-refractivity contribution < 1.29 is 4.79 Å². The number of thiazole rings is 1. The number of carbonyl (C=O) groups is 1. The predicted molar refractivity (Wildman–Crippen MR) is 132 cm³/mol. The summed E-state index contributed by atoms with van der Waals surface area (Å²) in [6.07, 6.45) is 0. The van der Waals surface area contributed by atoms with Crippen molar-refractivity contribution in [3.63, 3.8) is 0 Å². The maximum Gasteiger partial charge on any atom is 0.270 e. The third-order valence-electron chi connectivity index (χ3n) is 4.59. The molecule has 32 heavy (non-hydrogen) atoms. The fraction of sp³-hybridized carbons (Fsp3) is 0.273. The molecule has 0 saturated carbocycles. The highest BCUT2D eigenvalue weighted by Crippen LogP contribution is 2.32. The predicted octanol–water partition coefficient (Wildman–Crippen LogP) is 4.34. The summed E-state index contributed by atoms with van der Waals surface area (Å²) in [6.45, 7) is 3.46. The van der Waals surface area contributed by atoms with Gasteiger partial charge in [-0.05, 0) is 50.2 Å². The molecular weight excluding hydrogens is 460 g/mol. The summed E-state index contributed by atoms with van der Waals surface area (Å²) >= 11 is 4.70. The van der Waals surface area contributed by atoms with E-state index in [1.54, 1.807) is 23.1 Å². The summed E-state index contributed by atoms with van der Waals surface area (Å²) in [7, 11) is 3.95. The van der Waals surface area contributed by atoms with Gasteiger partial charge in [0.15, 0.2) is 11.0 Å². The fourth-order valence-corrected chi connectivity index (χ4v) is 5.46. The van der Waals surface area contributed by atoms with Crippen LogP contribution in [0.4, 0.5) is 0 Å². The molecule has 0 unspecified atom stereocenters. The lowest BCUT2D eigenvalue weighted by Crippen LogP contribution is -2.31. The number of nitrogens with one attached hydrogen (secondary N) is 1. The van der Waals surface area contributed by atoms with Crippen molar-refractivity contribution >= 4 is 40.3 Å². The summed E-state index contributed by atoms with van der Waals surface area (Å²) in [4.78, 5) is 19.9. The monoisotopic (exact) mass is 484 g/mol. The zero-order chi connectivity index (χ0) is 22.5. The average Bonchev–Trinajstić information content (AvgIpc) is 3.52. The van der Waals surface area contributed by atoms with Crippen LogP contribution in [0.3, 0.4) is 0 Å². The molecule has 0 aliphatic carbocycles. The van der Waals surface area contributed by atoms with Crippen LogP contribution >= 0.6 is 34.4 Å². The first-order valence-electron chi connectivity index (χ1n) is 10.1. The van der Waals surface area contributed by atoms with Gasteiger partial charge in [0.25, 0.3) is 5.91 Å². The van der Waals surface area contributed by atoms with Gasteiger partial charge in [-0.3, -0.25) is 9.36 Å². The van der Waals surface area contributed by atoms with Crippen LogP contribution in [0.2, 0.25) is 0 Å². The lowest BCUT2D eigenvalue weighted by molar-refractivity contribution is 0.0946. The van der Waals surface area contributed by atoms with E-state index in [4.69, 9.17) is 0 Å². The SMILES string of the molecule is Cc1cccc(-n2c(SCc3nc(C(=O)NCCN(C)C)cs3)nnc2-c2cccs2)c1. The highest BCUT2D eigenvalue weighted by molar-refractivity contribution is 7.98. The molecule has 0 saturated heterocycles. The Kier molecular flexibility index (Phi) is 7.36. The Morgan fingerprint density at radius 3 is 2.81 bits per heavy atom. The normalized spacial score (nSPS) is 11.2. The van der Waals surface area contributed by atoms with Gasteiger partial charge in [-0.25, -0.2) is 4.98 Å². The van der Waals surface area contributed by atoms with E-state index < -0.39 is 0 Å². The van der Waals surface area contributed by atoms with E-state index in [-0.39, 0.29) is 5.91 Å². The summed E-state index contributed by atoms with van der Waals surface area (Å²) in [5, 5.41) is 17.4. The Hall–Kier alpha value is -2.53. The summed E-state index contributed by atoms with van der Waals surface area (Å²) in [5.74, 6) is 1.31. The second kappa shape index (κ2) is 10.4. The van der Waals surface area contributed by atoms with Gasteiger partial charge in [-0.1, -0.05) is 30.0 Å². The van der Waals surface area contributed by atoms with Crippen molar-refractivity contribution in [1.29, 1.82) is 0 Å². The van der Waals surface area contributed by atoms with E-state index >= 15 is 0 Å². The molecule has 0 aliphatic heterocycles. The van der Waals surface area contributed by atoms with Gasteiger partial charge in [0.1, 0.15) is 10.7 Å². The Labute approximate surface area is 199 Å².